The first-order valence-electron chi connectivity index (χ1n) is 9.11. The highest BCUT2D eigenvalue weighted by molar-refractivity contribution is 6.30. The van der Waals surface area contributed by atoms with Gasteiger partial charge in [-0.15, -0.1) is 0 Å². The zero-order chi connectivity index (χ0) is 21.6. The Labute approximate surface area is 173 Å². The summed E-state index contributed by atoms with van der Waals surface area (Å²) >= 11 is 6.17. The first-order chi connectivity index (χ1) is 14.0. The molecule has 0 saturated heterocycles. The minimum atomic E-state index is -4.58. The van der Waals surface area contributed by atoms with Crippen LogP contribution < -0.4 is 10.6 Å². The first kappa shape index (κ1) is 19.4. The van der Waals surface area contributed by atoms with Gasteiger partial charge in [-0.1, -0.05) is 18.2 Å². The van der Waals surface area contributed by atoms with Crippen LogP contribution in [-0.2, 0) is 19.0 Å². The molecule has 0 radical (unpaired) electrons. The Hall–Kier alpha value is -2.58. The molecule has 0 aliphatic carbocycles. The Balaban J connectivity index is 1.91. The van der Waals surface area contributed by atoms with Gasteiger partial charge in [-0.05, 0) is 36.2 Å². The van der Waals surface area contributed by atoms with E-state index in [1.165, 1.54) is 0 Å². The zero-order valence-electron chi connectivity index (χ0n) is 15.6. The van der Waals surface area contributed by atoms with Crippen LogP contribution in [0.1, 0.15) is 16.8 Å². The molecule has 1 aromatic heterocycles. The summed E-state index contributed by atoms with van der Waals surface area (Å²) in [4.78, 5) is 0. The smallest absolute Gasteiger partial charge is 0.357 e. The Bertz CT molecular complexity index is 1250. The van der Waals surface area contributed by atoms with Crippen LogP contribution in [0, 0.1) is 11.6 Å². The molecule has 3 nitrogen and oxygen atoms in total. The summed E-state index contributed by atoms with van der Waals surface area (Å²) in [7, 11) is 1.62. The summed E-state index contributed by atoms with van der Waals surface area (Å²) in [6.07, 6.45) is -5.00. The number of nitrogens with zero attached hydrogens (tertiary/aromatic N) is 1. The fraction of sp³-hybridized carbons (Fsp3) is 0.238. The number of rotatable bonds is 0. The number of nitrogens with one attached hydrogen (secondary N) is 2. The van der Waals surface area contributed by atoms with Crippen LogP contribution in [0.25, 0.3) is 10.9 Å². The lowest BCUT2D eigenvalue weighted by Crippen LogP contribution is -2.59. The van der Waals surface area contributed by atoms with Gasteiger partial charge in [0.05, 0.1) is 11.2 Å². The van der Waals surface area contributed by atoms with Crippen molar-refractivity contribution in [2.24, 2.45) is 7.05 Å². The van der Waals surface area contributed by atoms with Crippen molar-refractivity contribution < 1.29 is 22.0 Å². The highest BCUT2D eigenvalue weighted by Gasteiger charge is 2.56. The van der Waals surface area contributed by atoms with Crippen molar-refractivity contribution in [3.05, 3.63) is 76.1 Å². The number of alkyl halides is 3. The highest BCUT2D eigenvalue weighted by Crippen LogP contribution is 2.52. The van der Waals surface area contributed by atoms with Crippen molar-refractivity contribution >= 4 is 28.2 Å². The van der Waals surface area contributed by atoms with Gasteiger partial charge in [-0.3, -0.25) is 5.32 Å². The van der Waals surface area contributed by atoms with Gasteiger partial charge < -0.3 is 9.88 Å². The van der Waals surface area contributed by atoms with Crippen molar-refractivity contribution in [2.75, 3.05) is 5.32 Å². The van der Waals surface area contributed by atoms with Crippen LogP contribution in [0.4, 0.5) is 27.6 Å². The minimum absolute atomic E-state index is 0.241. The van der Waals surface area contributed by atoms with Gasteiger partial charge >= 0.3 is 6.18 Å². The highest BCUT2D eigenvalue weighted by atomic mass is 35.5. The molecule has 2 aromatic carbocycles. The van der Waals surface area contributed by atoms with E-state index < -0.39 is 35.8 Å². The Morgan fingerprint density at radius 3 is 2.57 bits per heavy atom. The van der Waals surface area contributed by atoms with Gasteiger partial charge in [0.25, 0.3) is 0 Å². The number of fused-ring (bicyclic) bond motifs is 6. The molecule has 5 rings (SSSR count). The second-order valence-electron chi connectivity index (χ2n) is 7.66. The van der Waals surface area contributed by atoms with E-state index in [9.17, 15) is 22.0 Å². The van der Waals surface area contributed by atoms with Gasteiger partial charge in [-0.25, -0.2) is 8.78 Å². The van der Waals surface area contributed by atoms with E-state index in [4.69, 9.17) is 11.6 Å². The maximum Gasteiger partial charge on any atom is 0.404 e. The molecule has 2 atom stereocenters. The maximum atomic E-state index is 14.0. The molecule has 1 spiro atoms. The molecular formula is C21H15ClF5N3. The standard InChI is InChI=1S/C21H15ClF5N3/c1-9-20(13-5-10(22)3-4-16(13)28-9)19-12(7-18(29-20)21(25,26)27)11-6-14(23)15(24)8-17(11)30(19)2/h3-6,8,18,28-29H,1,7H2,2H3/t18-,20+/m0/s1. The molecule has 30 heavy (non-hydrogen) atoms. The molecule has 2 aliphatic heterocycles. The number of halogens is 6. The van der Waals surface area contributed by atoms with Crippen LogP contribution >= 0.6 is 11.6 Å². The molecular weight excluding hydrogens is 425 g/mol. The van der Waals surface area contributed by atoms with Crippen LogP contribution in [0.2, 0.25) is 5.02 Å². The Morgan fingerprint density at radius 1 is 1.17 bits per heavy atom. The number of benzene rings is 2. The number of aryl methyl sites for hydroxylation is 1. The molecule has 0 saturated carbocycles. The first-order valence-corrected chi connectivity index (χ1v) is 9.49. The Kier molecular flexibility index (Phi) is 3.87. The average Bonchev–Trinajstić information content (AvgIpc) is 3.08. The Morgan fingerprint density at radius 2 is 1.87 bits per heavy atom. The van der Waals surface area contributed by atoms with Crippen molar-refractivity contribution in [3.8, 4) is 0 Å². The van der Waals surface area contributed by atoms with Gasteiger partial charge in [0.1, 0.15) is 11.6 Å². The normalized spacial score (nSPS) is 23.0. The fourth-order valence-corrected chi connectivity index (χ4v) is 4.93. The van der Waals surface area contributed by atoms with E-state index in [-0.39, 0.29) is 11.1 Å². The van der Waals surface area contributed by atoms with Crippen LogP contribution in [0.5, 0.6) is 0 Å². The molecule has 3 heterocycles. The lowest BCUT2D eigenvalue weighted by atomic mass is 9.78. The molecule has 156 valence electrons. The number of aromatic nitrogens is 1. The molecule has 0 unspecified atom stereocenters. The van der Waals surface area contributed by atoms with Crippen molar-refractivity contribution in [1.82, 2.24) is 9.88 Å². The second kappa shape index (κ2) is 5.98. The summed E-state index contributed by atoms with van der Waals surface area (Å²) in [5.41, 5.74) is 0.877. The van der Waals surface area contributed by atoms with Gasteiger partial charge in [0, 0.05) is 40.5 Å². The summed E-state index contributed by atoms with van der Waals surface area (Å²) in [5.74, 6) is -2.18. The van der Waals surface area contributed by atoms with Gasteiger partial charge in [0.2, 0.25) is 0 Å². The largest absolute Gasteiger partial charge is 0.404 e. The molecule has 0 amide bonds. The number of anilines is 1. The number of hydrogen-bond donors (Lipinski definition) is 2. The van der Waals surface area contributed by atoms with E-state index in [1.807, 2.05) is 0 Å². The van der Waals surface area contributed by atoms with Crippen LogP contribution in [0.3, 0.4) is 0 Å². The van der Waals surface area contributed by atoms with E-state index in [0.717, 1.165) is 12.1 Å². The van der Waals surface area contributed by atoms with Gasteiger partial charge in [-0.2, -0.15) is 13.2 Å². The van der Waals surface area contributed by atoms with Crippen molar-refractivity contribution in [1.29, 1.82) is 0 Å². The minimum Gasteiger partial charge on any atom is -0.357 e. The van der Waals surface area contributed by atoms with E-state index in [0.29, 0.717) is 33.0 Å². The lowest BCUT2D eigenvalue weighted by Gasteiger charge is -2.42. The van der Waals surface area contributed by atoms with E-state index in [2.05, 4.69) is 17.2 Å². The summed E-state index contributed by atoms with van der Waals surface area (Å²) < 4.78 is 71.4. The monoisotopic (exact) mass is 439 g/mol. The molecule has 2 N–H and O–H groups in total. The predicted octanol–water partition coefficient (Wildman–Crippen LogP) is 5.37. The zero-order valence-corrected chi connectivity index (χ0v) is 16.3. The SMILES string of the molecule is C=C1Nc2ccc(Cl)cc2[C@]12N[C@H](C(F)(F)F)Cc1c2n(C)c2cc(F)c(F)cc12. The van der Waals surface area contributed by atoms with Gasteiger partial charge in [0.15, 0.2) is 11.6 Å². The number of hydrogen-bond acceptors (Lipinski definition) is 2. The maximum absolute atomic E-state index is 14.0. The third-order valence-electron chi connectivity index (χ3n) is 6.02. The van der Waals surface area contributed by atoms with Crippen LogP contribution in [-0.4, -0.2) is 16.8 Å². The summed E-state index contributed by atoms with van der Waals surface area (Å²) in [6, 6.07) is 4.90. The molecule has 2 aliphatic rings. The molecule has 9 heteroatoms. The average molecular weight is 440 g/mol. The summed E-state index contributed by atoms with van der Waals surface area (Å²) in [5, 5.41) is 6.37. The quantitative estimate of drug-likeness (QED) is 0.461. The molecule has 0 fully saturated rings. The summed E-state index contributed by atoms with van der Waals surface area (Å²) in [6.45, 7) is 3.99. The van der Waals surface area contributed by atoms with Crippen LogP contribution in [0.15, 0.2) is 42.6 Å². The topological polar surface area (TPSA) is 29.0 Å². The van der Waals surface area contributed by atoms with Crippen molar-refractivity contribution in [2.45, 2.75) is 24.2 Å². The van der Waals surface area contributed by atoms with E-state index >= 15 is 0 Å². The fourth-order valence-electron chi connectivity index (χ4n) is 4.76. The second-order valence-corrected chi connectivity index (χ2v) is 8.09. The van der Waals surface area contributed by atoms with Crippen molar-refractivity contribution in [3.63, 3.8) is 0 Å². The van der Waals surface area contributed by atoms with E-state index in [1.54, 1.807) is 29.8 Å². The predicted molar refractivity (Wildman–Crippen MR) is 105 cm³/mol. The molecule has 3 aromatic rings. The molecule has 0 bridgehead atoms. The third kappa shape index (κ3) is 2.40. The lowest BCUT2D eigenvalue weighted by molar-refractivity contribution is -0.160. The third-order valence-corrected chi connectivity index (χ3v) is 6.25.